The highest BCUT2D eigenvalue weighted by molar-refractivity contribution is 6.22. The molecule has 0 aliphatic rings. The number of rotatable bonds is 4. The number of benzene rings is 6. The summed E-state index contributed by atoms with van der Waals surface area (Å²) in [4.78, 5) is 25.7. The third-order valence-corrected chi connectivity index (χ3v) is 9.45. The van der Waals surface area contributed by atoms with E-state index in [-0.39, 0.29) is 5.56 Å². The first-order valence-corrected chi connectivity index (χ1v) is 16.3. The molecule has 10 aromatic rings. The molecule has 0 N–H and O–H groups in total. The fourth-order valence-electron chi connectivity index (χ4n) is 7.42. The van der Waals surface area contributed by atoms with Gasteiger partial charge in [0.05, 0.1) is 44.2 Å². The van der Waals surface area contributed by atoms with Crippen molar-refractivity contribution in [2.45, 2.75) is 0 Å². The maximum atomic E-state index is 15.2. The summed E-state index contributed by atoms with van der Waals surface area (Å²) in [5.41, 5.74) is 8.73. The predicted molar refractivity (Wildman–Crippen MR) is 199 cm³/mol. The van der Waals surface area contributed by atoms with Crippen LogP contribution in [0.4, 0.5) is 0 Å². The highest BCUT2D eigenvalue weighted by Gasteiger charge is 2.28. The monoisotopic (exact) mass is 629 g/mol. The van der Waals surface area contributed by atoms with Crippen LogP contribution in [0, 0.1) is 0 Å². The van der Waals surface area contributed by atoms with Gasteiger partial charge in [-0.15, -0.1) is 0 Å². The number of aromatic nitrogens is 5. The third kappa shape index (κ3) is 3.98. The Morgan fingerprint density at radius 3 is 1.63 bits per heavy atom. The molecule has 0 atom stereocenters. The molecule has 230 valence electrons. The zero-order valence-electron chi connectivity index (χ0n) is 26.2. The summed E-state index contributed by atoms with van der Waals surface area (Å²) in [6.07, 6.45) is 0. The Kier molecular flexibility index (Phi) is 5.92. The lowest BCUT2D eigenvalue weighted by Crippen LogP contribution is -2.19. The van der Waals surface area contributed by atoms with Crippen molar-refractivity contribution in [2.24, 2.45) is 0 Å². The molecule has 0 aliphatic heterocycles. The third-order valence-electron chi connectivity index (χ3n) is 9.45. The minimum atomic E-state index is -0.0938. The first-order chi connectivity index (χ1) is 24.3. The van der Waals surface area contributed by atoms with Crippen molar-refractivity contribution in [3.63, 3.8) is 0 Å². The fourth-order valence-corrected chi connectivity index (χ4v) is 7.42. The second-order valence-electron chi connectivity index (χ2n) is 12.2. The topological polar surface area (TPSA) is 57.6 Å². The van der Waals surface area contributed by atoms with Gasteiger partial charge in [0.15, 0.2) is 0 Å². The van der Waals surface area contributed by atoms with Gasteiger partial charge < -0.3 is 4.57 Å². The molecule has 6 nitrogen and oxygen atoms in total. The van der Waals surface area contributed by atoms with Gasteiger partial charge in [0.1, 0.15) is 0 Å². The molecule has 0 spiro atoms. The Morgan fingerprint density at radius 1 is 0.408 bits per heavy atom. The van der Waals surface area contributed by atoms with Gasteiger partial charge in [-0.1, -0.05) is 121 Å². The molecule has 0 saturated heterocycles. The Bertz CT molecular complexity index is 2940. The second kappa shape index (κ2) is 10.6. The quantitative estimate of drug-likeness (QED) is 0.195. The van der Waals surface area contributed by atoms with Gasteiger partial charge in [0, 0.05) is 33.1 Å². The molecule has 0 amide bonds. The maximum Gasteiger partial charge on any atom is 0.265 e. The van der Waals surface area contributed by atoms with Crippen LogP contribution in [0.2, 0.25) is 0 Å². The van der Waals surface area contributed by atoms with Crippen LogP contribution < -0.4 is 5.56 Å². The zero-order valence-corrected chi connectivity index (χ0v) is 26.2. The zero-order chi connectivity index (χ0) is 32.5. The summed E-state index contributed by atoms with van der Waals surface area (Å²) < 4.78 is 6.26. The van der Waals surface area contributed by atoms with E-state index in [0.29, 0.717) is 11.3 Å². The first kappa shape index (κ1) is 27.3. The SMILES string of the molecule is O=c1c2c3ccccc3n(-c3nc(-c4ccccc4)c4ccccc4n3)c2c2c(c3ccccc3n2-c2ccccc2)n1-c1ccccc1. The lowest BCUT2D eigenvalue weighted by atomic mass is 10.1. The van der Waals surface area contributed by atoms with Crippen LogP contribution in [-0.2, 0) is 0 Å². The normalized spacial score (nSPS) is 11.8. The molecule has 0 saturated carbocycles. The molecule has 0 radical (unpaired) electrons. The summed E-state index contributed by atoms with van der Waals surface area (Å²) in [5.74, 6) is 0.506. The number of para-hydroxylation sites is 5. The van der Waals surface area contributed by atoms with E-state index in [9.17, 15) is 0 Å². The molecule has 0 bridgehead atoms. The minimum Gasteiger partial charge on any atom is -0.306 e. The Hall–Kier alpha value is -6.79. The summed E-state index contributed by atoms with van der Waals surface area (Å²) >= 11 is 0. The summed E-state index contributed by atoms with van der Waals surface area (Å²) in [6.45, 7) is 0. The largest absolute Gasteiger partial charge is 0.306 e. The second-order valence-corrected chi connectivity index (χ2v) is 12.2. The number of hydrogen-bond acceptors (Lipinski definition) is 3. The van der Waals surface area contributed by atoms with Gasteiger partial charge in [-0.2, -0.15) is 0 Å². The molecule has 6 heteroatoms. The van der Waals surface area contributed by atoms with E-state index in [0.717, 1.165) is 71.9 Å². The number of nitrogens with zero attached hydrogens (tertiary/aromatic N) is 5. The van der Waals surface area contributed by atoms with Crippen LogP contribution in [0.1, 0.15) is 0 Å². The van der Waals surface area contributed by atoms with E-state index in [4.69, 9.17) is 9.97 Å². The lowest BCUT2D eigenvalue weighted by Gasteiger charge is -2.15. The van der Waals surface area contributed by atoms with Gasteiger partial charge in [-0.3, -0.25) is 13.9 Å². The number of fused-ring (bicyclic) bond motifs is 8. The first-order valence-electron chi connectivity index (χ1n) is 16.3. The summed E-state index contributed by atoms with van der Waals surface area (Å²) in [7, 11) is 0. The highest BCUT2D eigenvalue weighted by Crippen LogP contribution is 2.41. The summed E-state index contributed by atoms with van der Waals surface area (Å²) in [6, 6.07) is 55.0. The molecular weight excluding hydrogens is 603 g/mol. The van der Waals surface area contributed by atoms with Crippen molar-refractivity contribution in [1.29, 1.82) is 0 Å². The van der Waals surface area contributed by atoms with E-state index in [2.05, 4.69) is 75.9 Å². The van der Waals surface area contributed by atoms with Crippen molar-refractivity contribution in [1.82, 2.24) is 23.7 Å². The molecule has 10 rings (SSSR count). The van der Waals surface area contributed by atoms with Crippen molar-refractivity contribution < 1.29 is 0 Å². The highest BCUT2D eigenvalue weighted by atomic mass is 16.1. The number of hydrogen-bond donors (Lipinski definition) is 0. The van der Waals surface area contributed by atoms with Gasteiger partial charge in [0.25, 0.3) is 5.56 Å². The van der Waals surface area contributed by atoms with E-state index in [1.54, 1.807) is 0 Å². The lowest BCUT2D eigenvalue weighted by molar-refractivity contribution is 1.01. The molecule has 0 fully saturated rings. The van der Waals surface area contributed by atoms with Crippen LogP contribution in [0.5, 0.6) is 0 Å². The Labute approximate surface area is 280 Å². The fraction of sp³-hybridized carbons (Fsp3) is 0. The van der Waals surface area contributed by atoms with Crippen LogP contribution in [0.25, 0.3) is 83.2 Å². The van der Waals surface area contributed by atoms with Crippen molar-refractivity contribution >= 4 is 54.6 Å². The minimum absolute atomic E-state index is 0.0938. The molecule has 0 unspecified atom stereocenters. The Morgan fingerprint density at radius 2 is 0.939 bits per heavy atom. The summed E-state index contributed by atoms with van der Waals surface area (Å²) in [5, 5.41) is 3.40. The molecule has 4 aromatic heterocycles. The molecule has 0 aliphatic carbocycles. The van der Waals surface area contributed by atoms with Crippen molar-refractivity contribution in [2.75, 3.05) is 0 Å². The van der Waals surface area contributed by atoms with Crippen molar-refractivity contribution in [3.05, 3.63) is 174 Å². The molecular formula is C43H27N5O. The van der Waals surface area contributed by atoms with Crippen LogP contribution in [-0.4, -0.2) is 23.7 Å². The number of pyridine rings is 1. The maximum absolute atomic E-state index is 15.2. The Balaban J connectivity index is 1.49. The van der Waals surface area contributed by atoms with E-state index in [1.165, 1.54) is 0 Å². The van der Waals surface area contributed by atoms with E-state index >= 15 is 4.79 Å². The van der Waals surface area contributed by atoms with E-state index < -0.39 is 0 Å². The van der Waals surface area contributed by atoms with Crippen LogP contribution >= 0.6 is 0 Å². The molecule has 4 heterocycles. The van der Waals surface area contributed by atoms with Crippen molar-refractivity contribution in [3.8, 4) is 28.6 Å². The molecule has 49 heavy (non-hydrogen) atoms. The average Bonchev–Trinajstić information content (AvgIpc) is 3.69. The van der Waals surface area contributed by atoms with Crippen LogP contribution in [0.15, 0.2) is 169 Å². The molecule has 6 aromatic carbocycles. The van der Waals surface area contributed by atoms with Gasteiger partial charge >= 0.3 is 0 Å². The van der Waals surface area contributed by atoms with Crippen LogP contribution in [0.3, 0.4) is 0 Å². The van der Waals surface area contributed by atoms with Gasteiger partial charge in [-0.05, 0) is 42.5 Å². The standard InChI is InChI=1S/C43H27N5O/c49-42-37-32-23-11-14-26-35(32)48(43-44-34-25-13-10-22-31(34)38(45-43)28-16-4-1-5-17-28)40(37)41-39(47(42)30-20-8-3-9-21-30)33-24-12-15-27-36(33)46(41)29-18-6-2-7-19-29/h1-27H. The average molecular weight is 630 g/mol. The van der Waals surface area contributed by atoms with Gasteiger partial charge in [-0.25, -0.2) is 9.97 Å². The smallest absolute Gasteiger partial charge is 0.265 e. The van der Waals surface area contributed by atoms with Gasteiger partial charge in [0.2, 0.25) is 5.95 Å². The van der Waals surface area contributed by atoms with E-state index in [1.807, 2.05) is 102 Å². The predicted octanol–water partition coefficient (Wildman–Crippen LogP) is 9.64.